The standard InChI is InChI=1S/C8H7N5/c1-2-4-8(5-3-1)6-10-13-7-9-11-12-13/h1-7H/b10-6+. The predicted molar refractivity (Wildman–Crippen MR) is 47.3 cm³/mol. The van der Waals surface area contributed by atoms with Crippen LogP contribution >= 0.6 is 0 Å². The molecule has 1 heterocycles. The summed E-state index contributed by atoms with van der Waals surface area (Å²) in [4.78, 5) is 1.30. The van der Waals surface area contributed by atoms with Gasteiger partial charge in [-0.2, -0.15) is 5.10 Å². The Kier molecular flexibility index (Phi) is 2.09. The molecule has 0 aliphatic rings. The normalized spacial score (nSPS) is 10.8. The Balaban J connectivity index is 2.15. The van der Waals surface area contributed by atoms with Crippen molar-refractivity contribution in [3.05, 3.63) is 42.2 Å². The second-order valence-corrected chi connectivity index (χ2v) is 2.39. The van der Waals surface area contributed by atoms with Crippen molar-refractivity contribution in [1.29, 1.82) is 0 Å². The molecule has 1 aromatic carbocycles. The zero-order chi connectivity index (χ0) is 8.93. The molecule has 0 bridgehead atoms. The van der Waals surface area contributed by atoms with Crippen molar-refractivity contribution < 1.29 is 0 Å². The lowest BCUT2D eigenvalue weighted by Gasteiger charge is -1.89. The maximum Gasteiger partial charge on any atom is 0.164 e. The highest BCUT2D eigenvalue weighted by Crippen LogP contribution is 1.93. The van der Waals surface area contributed by atoms with Gasteiger partial charge in [0.25, 0.3) is 0 Å². The molecule has 0 amide bonds. The van der Waals surface area contributed by atoms with Gasteiger partial charge >= 0.3 is 0 Å². The van der Waals surface area contributed by atoms with Crippen molar-refractivity contribution in [2.75, 3.05) is 0 Å². The molecule has 1 aromatic heterocycles. The van der Waals surface area contributed by atoms with Crippen molar-refractivity contribution in [2.45, 2.75) is 0 Å². The van der Waals surface area contributed by atoms with Gasteiger partial charge in [-0.25, -0.2) is 0 Å². The first-order valence-electron chi connectivity index (χ1n) is 3.77. The minimum absolute atomic E-state index is 1.01. The quantitative estimate of drug-likeness (QED) is 0.623. The van der Waals surface area contributed by atoms with E-state index in [-0.39, 0.29) is 0 Å². The number of nitrogens with zero attached hydrogens (tertiary/aromatic N) is 5. The monoisotopic (exact) mass is 173 g/mol. The summed E-state index contributed by atoms with van der Waals surface area (Å²) in [6.45, 7) is 0. The van der Waals surface area contributed by atoms with Gasteiger partial charge in [0.1, 0.15) is 0 Å². The molecular formula is C8H7N5. The summed E-state index contributed by atoms with van der Waals surface area (Å²) < 4.78 is 0. The minimum atomic E-state index is 1.01. The van der Waals surface area contributed by atoms with Gasteiger partial charge in [0.2, 0.25) is 0 Å². The molecule has 0 saturated carbocycles. The molecule has 64 valence electrons. The molecule has 2 rings (SSSR count). The molecule has 0 radical (unpaired) electrons. The fourth-order valence-corrected chi connectivity index (χ4v) is 0.874. The summed E-state index contributed by atoms with van der Waals surface area (Å²) >= 11 is 0. The van der Waals surface area contributed by atoms with E-state index in [0.29, 0.717) is 0 Å². The summed E-state index contributed by atoms with van der Waals surface area (Å²) in [7, 11) is 0. The van der Waals surface area contributed by atoms with E-state index in [1.807, 2.05) is 30.3 Å². The fourth-order valence-electron chi connectivity index (χ4n) is 0.874. The fraction of sp³-hybridized carbons (Fsp3) is 0. The van der Waals surface area contributed by atoms with Gasteiger partial charge in [-0.3, -0.25) is 0 Å². The number of hydrogen-bond acceptors (Lipinski definition) is 4. The molecular weight excluding hydrogens is 166 g/mol. The number of tetrazole rings is 1. The van der Waals surface area contributed by atoms with Crippen LogP contribution in [0.25, 0.3) is 0 Å². The van der Waals surface area contributed by atoms with Crippen molar-refractivity contribution in [3.63, 3.8) is 0 Å². The van der Waals surface area contributed by atoms with Crippen molar-refractivity contribution in [2.24, 2.45) is 5.10 Å². The topological polar surface area (TPSA) is 56.0 Å². The van der Waals surface area contributed by atoms with E-state index >= 15 is 0 Å². The second-order valence-electron chi connectivity index (χ2n) is 2.39. The lowest BCUT2D eigenvalue weighted by Crippen LogP contribution is -1.90. The molecule has 2 aromatic rings. The van der Waals surface area contributed by atoms with E-state index in [1.54, 1.807) is 6.21 Å². The molecule has 0 atom stereocenters. The highest BCUT2D eigenvalue weighted by molar-refractivity contribution is 5.79. The zero-order valence-electron chi connectivity index (χ0n) is 6.78. The Morgan fingerprint density at radius 3 is 2.77 bits per heavy atom. The van der Waals surface area contributed by atoms with E-state index in [2.05, 4.69) is 20.6 Å². The molecule has 0 aliphatic heterocycles. The smallest absolute Gasteiger partial charge is 0.155 e. The molecule has 0 N–H and O–H groups in total. The van der Waals surface area contributed by atoms with Crippen molar-refractivity contribution in [3.8, 4) is 0 Å². The van der Waals surface area contributed by atoms with Gasteiger partial charge < -0.3 is 0 Å². The van der Waals surface area contributed by atoms with Gasteiger partial charge in [-0.05, 0) is 16.0 Å². The summed E-state index contributed by atoms with van der Waals surface area (Å²) in [5.41, 5.74) is 1.01. The number of hydrogen-bond donors (Lipinski definition) is 0. The van der Waals surface area contributed by atoms with Crippen molar-refractivity contribution >= 4 is 6.21 Å². The average molecular weight is 173 g/mol. The van der Waals surface area contributed by atoms with Crippen LogP contribution in [0.5, 0.6) is 0 Å². The van der Waals surface area contributed by atoms with Crippen LogP contribution in [0.15, 0.2) is 41.8 Å². The van der Waals surface area contributed by atoms with E-state index in [9.17, 15) is 0 Å². The van der Waals surface area contributed by atoms with Crippen LogP contribution in [0.2, 0.25) is 0 Å². The van der Waals surface area contributed by atoms with Crippen LogP contribution in [0, 0.1) is 0 Å². The summed E-state index contributed by atoms with van der Waals surface area (Å²) in [5, 5.41) is 14.5. The molecule has 0 fully saturated rings. The van der Waals surface area contributed by atoms with Gasteiger partial charge in [0, 0.05) is 0 Å². The molecule has 0 aliphatic carbocycles. The third-order valence-electron chi connectivity index (χ3n) is 1.46. The molecule has 5 nitrogen and oxygen atoms in total. The lowest BCUT2D eigenvalue weighted by molar-refractivity contribution is 0.693. The van der Waals surface area contributed by atoms with Crippen LogP contribution in [0.1, 0.15) is 5.56 Å². The van der Waals surface area contributed by atoms with Crippen LogP contribution in [-0.4, -0.2) is 26.5 Å². The zero-order valence-corrected chi connectivity index (χ0v) is 6.78. The van der Waals surface area contributed by atoms with Gasteiger partial charge in [0.15, 0.2) is 6.33 Å². The summed E-state index contributed by atoms with van der Waals surface area (Å²) in [6.07, 6.45) is 3.12. The van der Waals surface area contributed by atoms with Crippen molar-refractivity contribution in [1.82, 2.24) is 20.3 Å². The average Bonchev–Trinajstić information content (AvgIpc) is 2.69. The van der Waals surface area contributed by atoms with Crippen LogP contribution in [-0.2, 0) is 0 Å². The maximum absolute atomic E-state index is 3.99. The summed E-state index contributed by atoms with van der Waals surface area (Å²) in [6, 6.07) is 9.75. The number of aromatic nitrogens is 4. The van der Waals surface area contributed by atoms with Gasteiger partial charge in [-0.15, -0.1) is 9.89 Å². The molecule has 0 spiro atoms. The summed E-state index contributed by atoms with van der Waals surface area (Å²) in [5.74, 6) is 0. The maximum atomic E-state index is 3.99. The van der Waals surface area contributed by atoms with Crippen LogP contribution in [0.4, 0.5) is 0 Å². The molecule has 0 saturated heterocycles. The third kappa shape index (κ3) is 1.96. The lowest BCUT2D eigenvalue weighted by atomic mass is 10.2. The molecule has 5 heteroatoms. The largest absolute Gasteiger partial charge is 0.164 e. The Morgan fingerprint density at radius 1 is 1.23 bits per heavy atom. The Morgan fingerprint density at radius 2 is 2.08 bits per heavy atom. The Hall–Kier alpha value is -2.04. The first-order valence-corrected chi connectivity index (χ1v) is 3.77. The van der Waals surface area contributed by atoms with E-state index in [0.717, 1.165) is 5.56 Å². The van der Waals surface area contributed by atoms with E-state index in [4.69, 9.17) is 0 Å². The van der Waals surface area contributed by atoms with Gasteiger partial charge in [0.05, 0.1) is 6.21 Å². The Bertz CT molecular complexity index is 378. The SMILES string of the molecule is C(=N\n1cnnn1)/c1ccccc1. The molecule has 0 unspecified atom stereocenters. The minimum Gasteiger partial charge on any atom is -0.155 e. The highest BCUT2D eigenvalue weighted by atomic mass is 15.6. The van der Waals surface area contributed by atoms with Gasteiger partial charge in [-0.1, -0.05) is 30.3 Å². The molecule has 13 heavy (non-hydrogen) atoms. The second kappa shape index (κ2) is 3.57. The highest BCUT2D eigenvalue weighted by Gasteiger charge is 1.86. The third-order valence-corrected chi connectivity index (χ3v) is 1.46. The van der Waals surface area contributed by atoms with E-state index in [1.165, 1.54) is 11.1 Å². The van der Waals surface area contributed by atoms with E-state index < -0.39 is 0 Å². The number of benzene rings is 1. The first-order chi connectivity index (χ1) is 6.45. The Labute approximate surface area is 74.7 Å². The first kappa shape index (κ1) is 7.60. The van der Waals surface area contributed by atoms with Crippen LogP contribution < -0.4 is 0 Å². The van der Waals surface area contributed by atoms with Crippen LogP contribution in [0.3, 0.4) is 0 Å². The predicted octanol–water partition coefficient (Wildman–Crippen LogP) is 0.555. The number of rotatable bonds is 2.